The molecule has 1 N–H and O–H groups in total. The molecule has 1 aliphatic carbocycles. The summed E-state index contributed by atoms with van der Waals surface area (Å²) in [7, 11) is 0. The fourth-order valence-electron chi connectivity index (χ4n) is 1.70. The van der Waals surface area contributed by atoms with Crippen LogP contribution in [0.5, 0.6) is 0 Å². The molecule has 0 saturated heterocycles. The van der Waals surface area contributed by atoms with Gasteiger partial charge in [-0.25, -0.2) is 9.78 Å². The lowest BCUT2D eigenvalue weighted by Crippen LogP contribution is -2.11. The van der Waals surface area contributed by atoms with Crippen LogP contribution >= 0.6 is 0 Å². The van der Waals surface area contributed by atoms with Crippen molar-refractivity contribution in [2.24, 2.45) is 0 Å². The van der Waals surface area contributed by atoms with Gasteiger partial charge in [0.1, 0.15) is 6.33 Å². The summed E-state index contributed by atoms with van der Waals surface area (Å²) in [5.74, 6) is -0.316. The minimum atomic E-state index is -0.977. The van der Waals surface area contributed by atoms with Crippen molar-refractivity contribution in [3.63, 3.8) is 0 Å². The molecule has 0 bridgehead atoms. The van der Waals surface area contributed by atoms with Gasteiger partial charge < -0.3 is 5.11 Å². The van der Waals surface area contributed by atoms with Crippen LogP contribution in [0, 0.1) is 0 Å². The van der Waals surface area contributed by atoms with Crippen LogP contribution in [0.3, 0.4) is 0 Å². The molecule has 0 aromatic carbocycles. The maximum absolute atomic E-state index is 11.1. The van der Waals surface area contributed by atoms with Crippen molar-refractivity contribution in [1.29, 1.82) is 0 Å². The van der Waals surface area contributed by atoms with Gasteiger partial charge in [0, 0.05) is 11.8 Å². The van der Waals surface area contributed by atoms with Gasteiger partial charge >= 0.3 is 5.97 Å². The lowest BCUT2D eigenvalue weighted by molar-refractivity contribution is 0.0685. The predicted molar refractivity (Wildman–Crippen MR) is 49.7 cm³/mol. The van der Waals surface area contributed by atoms with Crippen molar-refractivity contribution in [2.75, 3.05) is 0 Å². The maximum Gasteiger partial charge on any atom is 0.355 e. The van der Waals surface area contributed by atoms with Gasteiger partial charge in [0.15, 0.2) is 5.69 Å². The zero-order valence-electron chi connectivity index (χ0n) is 7.79. The standard InChI is InChI=1S/C9H8N4O2/c14-8(15)7-6(5-1-2-5)3-10-9-11-4-12-13(7)9/h3-5H,1-2H2,(H,14,15). The SMILES string of the molecule is O=C(O)c1c(C2CC2)cnc2ncnn12. The zero-order chi connectivity index (χ0) is 10.4. The molecule has 0 radical (unpaired) electrons. The first kappa shape index (κ1) is 8.34. The number of hydrogen-bond donors (Lipinski definition) is 1. The summed E-state index contributed by atoms with van der Waals surface area (Å²) in [6.45, 7) is 0. The van der Waals surface area contributed by atoms with Crippen LogP contribution in [0.1, 0.15) is 34.8 Å². The molecule has 0 atom stereocenters. The van der Waals surface area contributed by atoms with Crippen LogP contribution in [0.2, 0.25) is 0 Å². The van der Waals surface area contributed by atoms with E-state index in [-0.39, 0.29) is 5.69 Å². The Balaban J connectivity index is 2.33. The van der Waals surface area contributed by atoms with E-state index in [1.807, 2.05) is 0 Å². The third-order valence-corrected chi connectivity index (χ3v) is 2.55. The van der Waals surface area contributed by atoms with Crippen LogP contribution in [-0.4, -0.2) is 30.7 Å². The monoisotopic (exact) mass is 204 g/mol. The van der Waals surface area contributed by atoms with E-state index in [1.165, 1.54) is 10.8 Å². The molecule has 2 aromatic heterocycles. The van der Waals surface area contributed by atoms with Gasteiger partial charge in [0.2, 0.25) is 0 Å². The first-order valence-corrected chi connectivity index (χ1v) is 4.69. The first-order valence-electron chi connectivity index (χ1n) is 4.69. The Hall–Kier alpha value is -1.98. The lowest BCUT2D eigenvalue weighted by Gasteiger charge is -2.04. The van der Waals surface area contributed by atoms with E-state index in [9.17, 15) is 4.79 Å². The number of carbonyl (C=O) groups is 1. The number of carboxylic acids is 1. The van der Waals surface area contributed by atoms with Gasteiger partial charge in [0.05, 0.1) is 0 Å². The third kappa shape index (κ3) is 1.18. The number of rotatable bonds is 2. The van der Waals surface area contributed by atoms with E-state index in [0.29, 0.717) is 11.7 Å². The molecule has 2 aromatic rings. The quantitative estimate of drug-likeness (QED) is 0.778. The average molecular weight is 204 g/mol. The van der Waals surface area contributed by atoms with Gasteiger partial charge in [-0.2, -0.15) is 14.6 Å². The van der Waals surface area contributed by atoms with Gasteiger partial charge in [-0.15, -0.1) is 0 Å². The van der Waals surface area contributed by atoms with E-state index >= 15 is 0 Å². The Morgan fingerprint density at radius 1 is 1.47 bits per heavy atom. The molecule has 6 heteroatoms. The van der Waals surface area contributed by atoms with Crippen molar-refractivity contribution >= 4 is 11.7 Å². The highest BCUT2D eigenvalue weighted by molar-refractivity contribution is 5.88. The Bertz CT molecular complexity index is 544. The Labute approximate surface area is 84.6 Å². The minimum Gasteiger partial charge on any atom is -0.476 e. The van der Waals surface area contributed by atoms with Crippen LogP contribution in [0.15, 0.2) is 12.5 Å². The Morgan fingerprint density at radius 2 is 2.27 bits per heavy atom. The lowest BCUT2D eigenvalue weighted by atomic mass is 10.1. The number of carboxylic acid groups (broad SMARTS) is 1. The molecule has 0 amide bonds. The average Bonchev–Trinajstić information content (AvgIpc) is 2.94. The highest BCUT2D eigenvalue weighted by Gasteiger charge is 2.30. The second-order valence-corrected chi connectivity index (χ2v) is 3.61. The highest BCUT2D eigenvalue weighted by atomic mass is 16.4. The molecule has 0 unspecified atom stereocenters. The van der Waals surface area contributed by atoms with Crippen LogP contribution in [0.4, 0.5) is 0 Å². The van der Waals surface area contributed by atoms with Gasteiger partial charge in [-0.1, -0.05) is 0 Å². The number of nitrogens with zero attached hydrogens (tertiary/aromatic N) is 4. The van der Waals surface area contributed by atoms with Crippen LogP contribution in [-0.2, 0) is 0 Å². The molecular formula is C9H8N4O2. The van der Waals surface area contributed by atoms with Gasteiger partial charge in [-0.3, -0.25) is 0 Å². The van der Waals surface area contributed by atoms with Crippen molar-refractivity contribution in [3.8, 4) is 0 Å². The number of aromatic nitrogens is 4. The number of aromatic carboxylic acids is 1. The third-order valence-electron chi connectivity index (χ3n) is 2.55. The van der Waals surface area contributed by atoms with E-state index in [0.717, 1.165) is 18.4 Å². The second-order valence-electron chi connectivity index (χ2n) is 3.61. The molecule has 1 saturated carbocycles. The Morgan fingerprint density at radius 3 is 2.93 bits per heavy atom. The van der Waals surface area contributed by atoms with E-state index in [2.05, 4.69) is 15.1 Å². The normalized spacial score (nSPS) is 15.7. The molecule has 0 aliphatic heterocycles. The van der Waals surface area contributed by atoms with E-state index in [1.54, 1.807) is 6.20 Å². The molecule has 2 heterocycles. The smallest absolute Gasteiger partial charge is 0.355 e. The molecule has 0 spiro atoms. The summed E-state index contributed by atoms with van der Waals surface area (Å²) in [5.41, 5.74) is 0.959. The minimum absolute atomic E-state index is 0.194. The Kier molecular flexibility index (Phi) is 1.53. The van der Waals surface area contributed by atoms with Gasteiger partial charge in [-0.05, 0) is 18.8 Å². The maximum atomic E-state index is 11.1. The van der Waals surface area contributed by atoms with Gasteiger partial charge in [0.25, 0.3) is 5.78 Å². The predicted octanol–water partition coefficient (Wildman–Crippen LogP) is 0.700. The van der Waals surface area contributed by atoms with Crippen LogP contribution < -0.4 is 0 Å². The number of fused-ring (bicyclic) bond motifs is 1. The largest absolute Gasteiger partial charge is 0.476 e. The summed E-state index contributed by atoms with van der Waals surface area (Å²) in [6, 6.07) is 0. The molecule has 1 fully saturated rings. The summed E-state index contributed by atoms with van der Waals surface area (Å²) < 4.78 is 1.29. The molecule has 1 aliphatic rings. The van der Waals surface area contributed by atoms with Crippen LogP contribution in [0.25, 0.3) is 5.78 Å². The zero-order valence-corrected chi connectivity index (χ0v) is 7.79. The molecular weight excluding hydrogens is 196 g/mol. The van der Waals surface area contributed by atoms with Crippen molar-refractivity contribution in [2.45, 2.75) is 18.8 Å². The van der Waals surface area contributed by atoms with Crippen molar-refractivity contribution in [1.82, 2.24) is 19.6 Å². The van der Waals surface area contributed by atoms with E-state index in [4.69, 9.17) is 5.11 Å². The number of hydrogen-bond acceptors (Lipinski definition) is 4. The fraction of sp³-hybridized carbons (Fsp3) is 0.333. The summed E-state index contributed by atoms with van der Waals surface area (Å²) in [5, 5.41) is 13.0. The molecule has 3 rings (SSSR count). The molecule has 76 valence electrons. The van der Waals surface area contributed by atoms with Crippen molar-refractivity contribution < 1.29 is 9.90 Å². The first-order chi connectivity index (χ1) is 7.27. The fourth-order valence-corrected chi connectivity index (χ4v) is 1.70. The molecule has 15 heavy (non-hydrogen) atoms. The summed E-state index contributed by atoms with van der Waals surface area (Å²) in [4.78, 5) is 19.1. The molecule has 6 nitrogen and oxygen atoms in total. The van der Waals surface area contributed by atoms with Crippen molar-refractivity contribution in [3.05, 3.63) is 23.8 Å². The summed E-state index contributed by atoms with van der Waals surface area (Å²) in [6.07, 6.45) is 4.97. The topological polar surface area (TPSA) is 80.4 Å². The highest BCUT2D eigenvalue weighted by Crippen LogP contribution is 2.41. The van der Waals surface area contributed by atoms with E-state index < -0.39 is 5.97 Å². The summed E-state index contributed by atoms with van der Waals surface area (Å²) >= 11 is 0. The second kappa shape index (κ2) is 2.75.